The van der Waals surface area contributed by atoms with Crippen LogP contribution < -0.4 is 10.5 Å². The van der Waals surface area contributed by atoms with Crippen LogP contribution in [0, 0.1) is 0 Å². The summed E-state index contributed by atoms with van der Waals surface area (Å²) >= 11 is 0. The molecule has 136 valence electrons. The number of anilines is 1. The third-order valence-corrected chi connectivity index (χ3v) is 4.40. The number of carbonyl (C=O) groups excluding carboxylic acids is 1. The number of pyridine rings is 1. The van der Waals surface area contributed by atoms with Gasteiger partial charge in [0, 0.05) is 19.0 Å². The summed E-state index contributed by atoms with van der Waals surface area (Å²) < 4.78 is 12.5. The van der Waals surface area contributed by atoms with Crippen LogP contribution in [0.5, 0.6) is 5.75 Å². The molecule has 0 spiro atoms. The van der Waals surface area contributed by atoms with E-state index in [0.29, 0.717) is 30.4 Å². The Hall–Kier alpha value is -2.44. The Bertz CT molecular complexity index is 770. The minimum absolute atomic E-state index is 0.238. The van der Waals surface area contributed by atoms with Gasteiger partial charge in [-0.3, -0.25) is 0 Å². The van der Waals surface area contributed by atoms with Gasteiger partial charge >= 0.3 is 6.09 Å². The zero-order chi connectivity index (χ0) is 18.2. The van der Waals surface area contributed by atoms with E-state index in [1.807, 2.05) is 26.8 Å². The summed E-state index contributed by atoms with van der Waals surface area (Å²) in [6, 6.07) is 3.93. The summed E-state index contributed by atoms with van der Waals surface area (Å²) in [5, 5.41) is 4.66. The van der Waals surface area contributed by atoms with Crippen molar-refractivity contribution >= 4 is 17.3 Å². The number of ether oxygens (including phenoxy) is 2. The van der Waals surface area contributed by atoms with Gasteiger partial charge in [0.05, 0.1) is 30.2 Å². The number of hydrogen-bond donors (Lipinski definition) is 1. The van der Waals surface area contributed by atoms with Crippen LogP contribution in [0.25, 0.3) is 5.52 Å². The number of rotatable bonds is 2. The van der Waals surface area contributed by atoms with Crippen molar-refractivity contribution in [2.45, 2.75) is 45.1 Å². The molecule has 0 atom stereocenters. The number of nitrogens with two attached hydrogens (primary N) is 1. The van der Waals surface area contributed by atoms with Crippen molar-refractivity contribution in [2.75, 3.05) is 25.9 Å². The number of likely N-dealkylation sites (tertiary alicyclic amines) is 1. The van der Waals surface area contributed by atoms with E-state index in [0.717, 1.165) is 24.1 Å². The van der Waals surface area contributed by atoms with E-state index in [9.17, 15) is 4.79 Å². The molecule has 2 aromatic heterocycles. The Balaban J connectivity index is 1.69. The monoisotopic (exact) mass is 346 g/mol. The van der Waals surface area contributed by atoms with Gasteiger partial charge in [-0.1, -0.05) is 0 Å². The van der Waals surface area contributed by atoms with E-state index < -0.39 is 5.60 Å². The maximum atomic E-state index is 12.2. The van der Waals surface area contributed by atoms with Crippen LogP contribution in [-0.2, 0) is 4.74 Å². The van der Waals surface area contributed by atoms with Crippen LogP contribution in [0.2, 0.25) is 0 Å². The molecule has 25 heavy (non-hydrogen) atoms. The second-order valence-corrected chi connectivity index (χ2v) is 7.48. The third kappa shape index (κ3) is 3.81. The van der Waals surface area contributed by atoms with Gasteiger partial charge in [0.25, 0.3) is 0 Å². The second-order valence-electron chi connectivity index (χ2n) is 7.48. The van der Waals surface area contributed by atoms with Gasteiger partial charge in [0.1, 0.15) is 5.60 Å². The molecule has 2 aromatic rings. The number of amides is 1. The summed E-state index contributed by atoms with van der Waals surface area (Å²) in [6.45, 7) is 7.01. The highest BCUT2D eigenvalue weighted by Gasteiger charge is 2.28. The molecule has 0 aliphatic carbocycles. The smallest absolute Gasteiger partial charge is 0.410 e. The molecule has 7 heteroatoms. The molecular formula is C18H26N4O3. The Kier molecular flexibility index (Phi) is 4.49. The van der Waals surface area contributed by atoms with Crippen molar-refractivity contribution in [3.63, 3.8) is 0 Å². The fraction of sp³-hybridized carbons (Fsp3) is 0.556. The maximum absolute atomic E-state index is 12.2. The van der Waals surface area contributed by atoms with E-state index in [1.54, 1.807) is 22.7 Å². The first-order chi connectivity index (χ1) is 11.8. The first-order valence-electron chi connectivity index (χ1n) is 8.57. The SMILES string of the molecule is COc1cn2nc(C3CCN(C(=O)OC(C)(C)C)CC3)cc2cc1N. The van der Waals surface area contributed by atoms with Gasteiger partial charge < -0.3 is 20.1 Å². The molecule has 0 unspecified atom stereocenters. The van der Waals surface area contributed by atoms with E-state index in [-0.39, 0.29) is 6.09 Å². The minimum Gasteiger partial charge on any atom is -0.493 e. The highest BCUT2D eigenvalue weighted by atomic mass is 16.6. The van der Waals surface area contributed by atoms with Crippen molar-refractivity contribution in [3.05, 3.63) is 24.0 Å². The predicted molar refractivity (Wildman–Crippen MR) is 95.9 cm³/mol. The zero-order valence-electron chi connectivity index (χ0n) is 15.3. The summed E-state index contributed by atoms with van der Waals surface area (Å²) in [7, 11) is 1.59. The second kappa shape index (κ2) is 6.46. The molecule has 0 radical (unpaired) electrons. The lowest BCUT2D eigenvalue weighted by molar-refractivity contribution is 0.0204. The van der Waals surface area contributed by atoms with Crippen LogP contribution in [0.4, 0.5) is 10.5 Å². The molecule has 2 N–H and O–H groups in total. The maximum Gasteiger partial charge on any atom is 0.410 e. The topological polar surface area (TPSA) is 82.1 Å². The lowest BCUT2D eigenvalue weighted by Gasteiger charge is -2.32. The number of hydrogen-bond acceptors (Lipinski definition) is 5. The largest absolute Gasteiger partial charge is 0.493 e. The predicted octanol–water partition coefficient (Wildman–Crippen LogP) is 3.04. The highest BCUT2D eigenvalue weighted by molar-refractivity contribution is 5.68. The minimum atomic E-state index is -0.464. The molecule has 3 heterocycles. The molecule has 3 rings (SSSR count). The first kappa shape index (κ1) is 17.4. The van der Waals surface area contributed by atoms with Gasteiger partial charge in [0.2, 0.25) is 0 Å². The Morgan fingerprint density at radius 2 is 1.96 bits per heavy atom. The van der Waals surface area contributed by atoms with E-state index in [2.05, 4.69) is 11.2 Å². The van der Waals surface area contributed by atoms with Crippen LogP contribution >= 0.6 is 0 Å². The fourth-order valence-corrected chi connectivity index (χ4v) is 3.11. The van der Waals surface area contributed by atoms with Crippen molar-refractivity contribution in [1.29, 1.82) is 0 Å². The lowest BCUT2D eigenvalue weighted by atomic mass is 9.94. The van der Waals surface area contributed by atoms with Crippen LogP contribution in [0.15, 0.2) is 18.3 Å². The molecule has 1 aliphatic heterocycles. The van der Waals surface area contributed by atoms with Gasteiger partial charge in [0.15, 0.2) is 5.75 Å². The Morgan fingerprint density at radius 3 is 2.56 bits per heavy atom. The van der Waals surface area contributed by atoms with Crippen molar-refractivity contribution in [2.24, 2.45) is 0 Å². The van der Waals surface area contributed by atoms with Crippen LogP contribution in [-0.4, -0.2) is 46.4 Å². The number of carbonyl (C=O) groups is 1. The standard InChI is InChI=1S/C18H26N4O3/c1-18(2,3)25-17(23)21-7-5-12(6-8-21)15-10-13-9-14(19)16(24-4)11-22(13)20-15/h9-12H,5-8,19H2,1-4H3. The molecule has 1 fully saturated rings. The summed E-state index contributed by atoms with van der Waals surface area (Å²) in [5.74, 6) is 0.938. The first-order valence-corrected chi connectivity index (χ1v) is 8.57. The van der Waals surface area contributed by atoms with Crippen molar-refractivity contribution in [3.8, 4) is 5.75 Å². The number of methoxy groups -OCH3 is 1. The van der Waals surface area contributed by atoms with E-state index >= 15 is 0 Å². The average molecular weight is 346 g/mol. The van der Waals surface area contributed by atoms with E-state index in [4.69, 9.17) is 15.2 Å². The molecule has 0 aromatic carbocycles. The molecule has 1 amide bonds. The Morgan fingerprint density at radius 1 is 1.28 bits per heavy atom. The van der Waals surface area contributed by atoms with Gasteiger partial charge in [-0.05, 0) is 45.7 Å². The molecule has 7 nitrogen and oxygen atoms in total. The zero-order valence-corrected chi connectivity index (χ0v) is 15.3. The van der Waals surface area contributed by atoms with Crippen LogP contribution in [0.1, 0.15) is 45.2 Å². The van der Waals surface area contributed by atoms with Crippen molar-refractivity contribution in [1.82, 2.24) is 14.5 Å². The summed E-state index contributed by atoms with van der Waals surface area (Å²) in [4.78, 5) is 13.9. The Labute approximate surface area is 147 Å². The highest BCUT2D eigenvalue weighted by Crippen LogP contribution is 2.30. The van der Waals surface area contributed by atoms with Gasteiger partial charge in [-0.15, -0.1) is 0 Å². The summed E-state index contributed by atoms with van der Waals surface area (Å²) in [6.07, 6.45) is 3.30. The molecule has 1 aliphatic rings. The number of fused-ring (bicyclic) bond motifs is 1. The molecule has 0 bridgehead atoms. The summed E-state index contributed by atoms with van der Waals surface area (Å²) in [5.41, 5.74) is 8.07. The van der Waals surface area contributed by atoms with Gasteiger partial charge in [-0.25, -0.2) is 9.31 Å². The molecule has 1 saturated heterocycles. The quantitative estimate of drug-likeness (QED) is 0.904. The number of nitrogen functional groups attached to an aromatic ring is 1. The third-order valence-electron chi connectivity index (χ3n) is 4.40. The molecular weight excluding hydrogens is 320 g/mol. The normalized spacial score (nSPS) is 16.2. The van der Waals surface area contributed by atoms with Gasteiger partial charge in [-0.2, -0.15) is 5.10 Å². The lowest BCUT2D eigenvalue weighted by Crippen LogP contribution is -2.41. The average Bonchev–Trinajstić information content (AvgIpc) is 2.95. The van der Waals surface area contributed by atoms with E-state index in [1.165, 1.54) is 0 Å². The molecule has 0 saturated carbocycles. The van der Waals surface area contributed by atoms with Crippen LogP contribution in [0.3, 0.4) is 0 Å². The number of piperidine rings is 1. The number of nitrogens with zero attached hydrogens (tertiary/aromatic N) is 3. The fourth-order valence-electron chi connectivity index (χ4n) is 3.11. The van der Waals surface area contributed by atoms with Crippen molar-refractivity contribution < 1.29 is 14.3 Å². The number of aromatic nitrogens is 2.